The maximum Gasteiger partial charge on any atom is 0.224 e. The van der Waals surface area contributed by atoms with E-state index in [1.54, 1.807) is 0 Å². The summed E-state index contributed by atoms with van der Waals surface area (Å²) in [6.07, 6.45) is 1.42. The van der Waals surface area contributed by atoms with Gasteiger partial charge in [-0.25, -0.2) is 9.97 Å². The van der Waals surface area contributed by atoms with Gasteiger partial charge in [0, 0.05) is 12.1 Å². The van der Waals surface area contributed by atoms with E-state index >= 15 is 0 Å². The van der Waals surface area contributed by atoms with Gasteiger partial charge in [-0.2, -0.15) is 0 Å². The molecule has 19 heavy (non-hydrogen) atoms. The average Bonchev–Trinajstić information content (AvgIpc) is 3.04. The third kappa shape index (κ3) is 1.68. The van der Waals surface area contributed by atoms with E-state index in [0.29, 0.717) is 24.0 Å². The van der Waals surface area contributed by atoms with Gasteiger partial charge in [-0.3, -0.25) is 0 Å². The molecule has 2 fully saturated rings. The van der Waals surface area contributed by atoms with Gasteiger partial charge < -0.3 is 14.4 Å². The van der Waals surface area contributed by atoms with Crippen LogP contribution in [0.15, 0.2) is 0 Å². The lowest BCUT2D eigenvalue weighted by molar-refractivity contribution is -0.0100. The number of anilines is 1. The van der Waals surface area contributed by atoms with Crippen molar-refractivity contribution in [3.05, 3.63) is 16.5 Å². The van der Waals surface area contributed by atoms with Gasteiger partial charge >= 0.3 is 0 Å². The number of hydrogen-bond acceptors (Lipinski definition) is 5. The minimum Gasteiger partial charge on any atom is -0.374 e. The number of halogens is 1. The van der Waals surface area contributed by atoms with Crippen LogP contribution in [0.5, 0.6) is 0 Å². The molecule has 6 heteroatoms. The molecule has 3 aliphatic rings. The van der Waals surface area contributed by atoms with E-state index in [1.165, 1.54) is 0 Å². The number of ether oxygens (including phenoxy) is 2. The molecule has 0 N–H and O–H groups in total. The van der Waals surface area contributed by atoms with Crippen molar-refractivity contribution in [1.29, 1.82) is 0 Å². The zero-order valence-electron chi connectivity index (χ0n) is 11.0. The van der Waals surface area contributed by atoms with Crippen molar-refractivity contribution >= 4 is 17.4 Å². The van der Waals surface area contributed by atoms with E-state index in [0.717, 1.165) is 36.6 Å². The van der Waals surface area contributed by atoms with Gasteiger partial charge in [0.05, 0.1) is 31.1 Å². The molecule has 1 aromatic heterocycles. The Balaban J connectivity index is 1.81. The van der Waals surface area contributed by atoms with E-state index < -0.39 is 0 Å². The molecule has 3 aliphatic heterocycles. The number of rotatable bonds is 1. The summed E-state index contributed by atoms with van der Waals surface area (Å²) in [5, 5.41) is 0.302. The molecule has 0 radical (unpaired) electrons. The molecule has 0 aliphatic carbocycles. The number of morpholine rings is 1. The summed E-state index contributed by atoms with van der Waals surface area (Å²) in [5.74, 6) is 0.941. The van der Waals surface area contributed by atoms with E-state index in [1.807, 2.05) is 13.8 Å². The highest BCUT2D eigenvalue weighted by Gasteiger charge is 2.43. The molecular weight excluding hydrogens is 266 g/mol. The Labute approximate surface area is 116 Å². The molecule has 2 bridgehead atoms. The van der Waals surface area contributed by atoms with Crippen molar-refractivity contribution in [2.45, 2.75) is 44.6 Å². The monoisotopic (exact) mass is 281 g/mol. The van der Waals surface area contributed by atoms with Crippen LogP contribution in [0.3, 0.4) is 0 Å². The molecule has 0 spiro atoms. The van der Waals surface area contributed by atoms with Crippen molar-refractivity contribution in [2.24, 2.45) is 0 Å². The maximum absolute atomic E-state index is 6.10. The third-order valence-corrected chi connectivity index (χ3v) is 4.45. The van der Waals surface area contributed by atoms with Gasteiger partial charge in [0.15, 0.2) is 0 Å². The number of nitrogens with zero attached hydrogens (tertiary/aromatic N) is 3. The van der Waals surface area contributed by atoms with Gasteiger partial charge in [-0.05, 0) is 31.9 Å². The summed E-state index contributed by atoms with van der Waals surface area (Å²) < 4.78 is 11.5. The summed E-state index contributed by atoms with van der Waals surface area (Å²) in [6, 6.07) is 0.420. The standard InChI is InChI=1S/C13H16ClN3O2/c1-13(2)10-9(6-19-13)11(16-12(14)15-10)17-4-8-3-7(17)5-18-8/h7-8H,3-6H2,1-2H3. The molecule has 5 nitrogen and oxygen atoms in total. The Morgan fingerprint density at radius 1 is 1.37 bits per heavy atom. The minimum atomic E-state index is -0.383. The minimum absolute atomic E-state index is 0.302. The van der Waals surface area contributed by atoms with Crippen LogP contribution in [0, 0.1) is 0 Å². The Morgan fingerprint density at radius 2 is 2.21 bits per heavy atom. The first-order chi connectivity index (χ1) is 9.04. The lowest BCUT2D eigenvalue weighted by Crippen LogP contribution is -2.38. The molecule has 1 aromatic rings. The Hall–Kier alpha value is -0.910. The molecule has 4 heterocycles. The smallest absolute Gasteiger partial charge is 0.224 e. The molecule has 0 aromatic carbocycles. The second-order valence-corrected chi connectivity index (χ2v) is 6.28. The summed E-state index contributed by atoms with van der Waals surface area (Å²) in [4.78, 5) is 11.1. The second-order valence-electron chi connectivity index (χ2n) is 5.94. The lowest BCUT2D eigenvalue weighted by Gasteiger charge is -2.29. The predicted octanol–water partition coefficient (Wildman–Crippen LogP) is 1.87. The van der Waals surface area contributed by atoms with E-state index in [2.05, 4.69) is 14.9 Å². The number of fused-ring (bicyclic) bond motifs is 3. The highest BCUT2D eigenvalue weighted by atomic mass is 35.5. The SMILES string of the molecule is CC1(C)OCc2c(N3CC4CC3CO4)nc(Cl)nc21. The first-order valence-electron chi connectivity index (χ1n) is 6.64. The Morgan fingerprint density at radius 3 is 2.89 bits per heavy atom. The molecular formula is C13H16ClN3O2. The largest absolute Gasteiger partial charge is 0.374 e. The Kier molecular flexibility index (Phi) is 2.38. The fourth-order valence-electron chi connectivity index (χ4n) is 3.29. The predicted molar refractivity (Wildman–Crippen MR) is 70.3 cm³/mol. The van der Waals surface area contributed by atoms with Gasteiger partial charge in [0.25, 0.3) is 0 Å². The highest BCUT2D eigenvalue weighted by molar-refractivity contribution is 6.28. The van der Waals surface area contributed by atoms with Crippen LogP contribution in [0.4, 0.5) is 5.82 Å². The normalized spacial score (nSPS) is 31.0. The molecule has 2 unspecified atom stereocenters. The molecule has 0 saturated carbocycles. The highest BCUT2D eigenvalue weighted by Crippen LogP contribution is 2.42. The summed E-state index contributed by atoms with van der Waals surface area (Å²) in [7, 11) is 0. The van der Waals surface area contributed by atoms with Gasteiger partial charge in [-0.1, -0.05) is 0 Å². The quantitative estimate of drug-likeness (QED) is 0.736. The summed E-state index contributed by atoms with van der Waals surface area (Å²) in [6.45, 7) is 6.27. The number of aromatic nitrogens is 2. The first kappa shape index (κ1) is 11.9. The van der Waals surface area contributed by atoms with Crippen LogP contribution in [-0.4, -0.2) is 35.3 Å². The van der Waals surface area contributed by atoms with Gasteiger partial charge in [-0.15, -0.1) is 0 Å². The summed E-state index contributed by atoms with van der Waals surface area (Å²) >= 11 is 6.10. The van der Waals surface area contributed by atoms with Crippen molar-refractivity contribution in [3.8, 4) is 0 Å². The first-order valence-corrected chi connectivity index (χ1v) is 7.01. The fourth-order valence-corrected chi connectivity index (χ4v) is 3.46. The molecule has 2 saturated heterocycles. The van der Waals surface area contributed by atoms with Crippen LogP contribution < -0.4 is 4.90 Å². The van der Waals surface area contributed by atoms with E-state index in [-0.39, 0.29) is 5.60 Å². The zero-order valence-corrected chi connectivity index (χ0v) is 11.8. The van der Waals surface area contributed by atoms with E-state index in [4.69, 9.17) is 21.1 Å². The van der Waals surface area contributed by atoms with Crippen molar-refractivity contribution < 1.29 is 9.47 Å². The molecule has 0 amide bonds. The van der Waals surface area contributed by atoms with Crippen LogP contribution >= 0.6 is 11.6 Å². The Bertz CT molecular complexity index is 549. The maximum atomic E-state index is 6.10. The van der Waals surface area contributed by atoms with Crippen LogP contribution in [-0.2, 0) is 21.7 Å². The number of hydrogen-bond donors (Lipinski definition) is 0. The average molecular weight is 282 g/mol. The second kappa shape index (κ2) is 3.81. The van der Waals surface area contributed by atoms with Crippen molar-refractivity contribution in [3.63, 3.8) is 0 Å². The molecule has 2 atom stereocenters. The van der Waals surface area contributed by atoms with Gasteiger partial charge in [0.2, 0.25) is 5.28 Å². The zero-order chi connectivity index (χ0) is 13.2. The fraction of sp³-hybridized carbons (Fsp3) is 0.692. The lowest BCUT2D eigenvalue weighted by atomic mass is 10.0. The topological polar surface area (TPSA) is 47.5 Å². The summed E-state index contributed by atoms with van der Waals surface area (Å²) in [5.41, 5.74) is 1.62. The van der Waals surface area contributed by atoms with Crippen LogP contribution in [0.1, 0.15) is 31.5 Å². The van der Waals surface area contributed by atoms with Gasteiger partial charge in [0.1, 0.15) is 11.4 Å². The van der Waals surface area contributed by atoms with Crippen LogP contribution in [0.2, 0.25) is 5.28 Å². The van der Waals surface area contributed by atoms with Crippen molar-refractivity contribution in [1.82, 2.24) is 9.97 Å². The molecule has 4 rings (SSSR count). The van der Waals surface area contributed by atoms with E-state index in [9.17, 15) is 0 Å². The molecule has 102 valence electrons. The van der Waals surface area contributed by atoms with Crippen LogP contribution in [0.25, 0.3) is 0 Å². The third-order valence-electron chi connectivity index (χ3n) is 4.28. The van der Waals surface area contributed by atoms with Crippen molar-refractivity contribution in [2.75, 3.05) is 18.1 Å².